The van der Waals surface area contributed by atoms with Crippen molar-refractivity contribution in [1.29, 1.82) is 0 Å². The number of piperidine rings is 1. The normalized spacial score (nSPS) is 21.2. The highest BCUT2D eigenvalue weighted by Gasteiger charge is 2.43. The van der Waals surface area contributed by atoms with Crippen LogP contribution < -0.4 is 29.6 Å². The van der Waals surface area contributed by atoms with E-state index in [9.17, 15) is 48.3 Å². The number of hydrogen-bond donors (Lipinski definition) is 3. The fourth-order valence-corrected chi connectivity index (χ4v) is 10.8. The van der Waals surface area contributed by atoms with E-state index in [0.717, 1.165) is 16.5 Å². The molecule has 22 heteroatoms. The first-order valence-electron chi connectivity index (χ1n) is 30.2. The van der Waals surface area contributed by atoms with Crippen LogP contribution in [0.1, 0.15) is 79.9 Å². The average molecular weight is 1250 g/mol. The summed E-state index contributed by atoms with van der Waals surface area (Å²) in [7, 11) is 8.86. The van der Waals surface area contributed by atoms with Crippen molar-refractivity contribution in [2.45, 2.75) is 102 Å². The number of amides is 6. The molecule has 5 aromatic rings. The van der Waals surface area contributed by atoms with Crippen molar-refractivity contribution in [3.63, 3.8) is 0 Å². The predicted molar refractivity (Wildman–Crippen MR) is 336 cm³/mol. The van der Waals surface area contributed by atoms with Gasteiger partial charge in [-0.1, -0.05) is 91.0 Å². The molecule has 7 rings (SSSR count). The highest BCUT2D eigenvalue weighted by Crippen LogP contribution is 2.38. The topological polar surface area (TPSA) is 266 Å². The molecular weight excluding hydrogens is 1170 g/mol. The number of methoxy groups -OCH3 is 3. The molecule has 2 aliphatic rings. The summed E-state index contributed by atoms with van der Waals surface area (Å²) in [4.78, 5) is 133. The number of aromatic hydroxyl groups is 1. The van der Waals surface area contributed by atoms with E-state index in [4.69, 9.17) is 28.4 Å². The Bertz CT molecular complexity index is 3400. The third-order valence-electron chi connectivity index (χ3n) is 16.1. The summed E-state index contributed by atoms with van der Waals surface area (Å²) in [5.41, 5.74) is 1.54. The van der Waals surface area contributed by atoms with Crippen LogP contribution >= 0.6 is 0 Å². The van der Waals surface area contributed by atoms with E-state index in [1.165, 1.54) is 82.2 Å². The Morgan fingerprint density at radius 1 is 0.670 bits per heavy atom. The number of carbonyl (C=O) groups is 9. The number of benzene rings is 5. The van der Waals surface area contributed by atoms with Gasteiger partial charge in [0.05, 0.1) is 33.3 Å². The minimum Gasteiger partial charge on any atom is -0.508 e. The zero-order valence-electron chi connectivity index (χ0n) is 52.8. The third kappa shape index (κ3) is 19.1. The number of rotatable bonds is 12. The Labute approximate surface area is 530 Å². The zero-order chi connectivity index (χ0) is 65.8. The first-order chi connectivity index (χ1) is 43.6. The minimum absolute atomic E-state index is 0.0151. The zero-order valence-corrected chi connectivity index (χ0v) is 52.8. The number of ketones is 1. The number of cyclic esters (lactones) is 2. The lowest BCUT2D eigenvalue weighted by atomic mass is 9.87. The maximum absolute atomic E-state index is 14.9. The maximum atomic E-state index is 14.9. The second-order valence-electron chi connectivity index (χ2n) is 23.3. The first kappa shape index (κ1) is 68.8. The van der Waals surface area contributed by atoms with Crippen molar-refractivity contribution in [2.75, 3.05) is 75.3 Å². The molecule has 0 saturated carbocycles. The van der Waals surface area contributed by atoms with Gasteiger partial charge in [0.15, 0.2) is 18.1 Å². The molecule has 6 amide bonds. The fraction of sp³-hybridized carbons (Fsp3) is 0.406. The highest BCUT2D eigenvalue weighted by molar-refractivity contribution is 6.38. The Morgan fingerprint density at radius 3 is 1.97 bits per heavy atom. The minimum atomic E-state index is -1.53. The molecule has 0 aromatic heterocycles. The van der Waals surface area contributed by atoms with Crippen LogP contribution in [0.5, 0.6) is 28.7 Å². The van der Waals surface area contributed by atoms with Gasteiger partial charge < -0.3 is 63.8 Å². The lowest BCUT2D eigenvalue weighted by molar-refractivity contribution is -0.165. The van der Waals surface area contributed by atoms with E-state index in [0.29, 0.717) is 52.3 Å². The summed E-state index contributed by atoms with van der Waals surface area (Å²) in [6.07, 6.45) is 3.36. The van der Waals surface area contributed by atoms with Gasteiger partial charge in [-0.2, -0.15) is 0 Å². The molecule has 0 unspecified atom stereocenters. The van der Waals surface area contributed by atoms with Crippen LogP contribution in [0.2, 0.25) is 0 Å². The summed E-state index contributed by atoms with van der Waals surface area (Å²) in [5.74, 6) is -5.15. The first-order valence-corrected chi connectivity index (χ1v) is 30.2. The summed E-state index contributed by atoms with van der Waals surface area (Å²) in [5, 5.41) is 15.9. The number of esters is 2. The highest BCUT2D eigenvalue weighted by atomic mass is 16.5. The van der Waals surface area contributed by atoms with E-state index < -0.39 is 109 Å². The van der Waals surface area contributed by atoms with E-state index in [-0.39, 0.29) is 69.5 Å². The quantitative estimate of drug-likeness (QED) is 0.0964. The van der Waals surface area contributed by atoms with E-state index >= 15 is 0 Å². The van der Waals surface area contributed by atoms with Crippen LogP contribution in [0.15, 0.2) is 133 Å². The van der Waals surface area contributed by atoms with Gasteiger partial charge in [0.25, 0.3) is 11.8 Å². The van der Waals surface area contributed by atoms with Crippen LogP contribution in [0, 0.1) is 5.41 Å². The Hall–Kier alpha value is -9.73. The standard InChI is InChI=1S/C69H82N6O16/c1-69(2)44-90-61(79)27-16-17-34-72(3)65(82)53(36-45-20-11-9-12-21-45)70-59(77)42-73(4)66(83)54(37-46-22-13-10-14-23-46)71-64(81)56(38-47-28-31-50(76)32-29-47)74(5)60(78)43-89-51-25-19-24-48(39-51)57(33-30-49-40-52(86-6)41-58(87-7)62(49)88-8)91-68(85)55-26-15-18-35-75(55)67(84)63(69)80/h9-14,16,19-25,27-29,31-32,39-41,53-57,76H,15,17-18,26,30,33-38,42-44H2,1-8H3,(H,70,77)(H,71,81)/b27-16+/t53-,54-,55+,56+,57-/m1/s1. The van der Waals surface area contributed by atoms with Gasteiger partial charge in [-0.15, -0.1) is 0 Å². The number of ether oxygens (including phenoxy) is 6. The van der Waals surface area contributed by atoms with Crippen molar-refractivity contribution in [3.8, 4) is 28.7 Å². The van der Waals surface area contributed by atoms with E-state index in [1.54, 1.807) is 110 Å². The number of phenols is 1. The molecule has 3 N–H and O–H groups in total. The average Bonchev–Trinajstić information content (AvgIpc) is 1.03. The van der Waals surface area contributed by atoms with E-state index in [1.807, 2.05) is 6.07 Å². The smallest absolute Gasteiger partial charge is 0.330 e. The molecule has 0 aliphatic carbocycles. The van der Waals surface area contributed by atoms with Crippen LogP contribution in [-0.2, 0) is 78.3 Å². The summed E-state index contributed by atoms with van der Waals surface area (Å²) >= 11 is 0. The van der Waals surface area contributed by atoms with Crippen LogP contribution in [0.25, 0.3) is 0 Å². The van der Waals surface area contributed by atoms with Crippen molar-refractivity contribution < 1.29 is 76.7 Å². The number of fused-ring (bicyclic) bond motifs is 3. The molecular formula is C69H82N6O16. The van der Waals surface area contributed by atoms with Crippen molar-refractivity contribution in [2.24, 2.45) is 5.41 Å². The molecule has 1 saturated heterocycles. The number of nitrogens with zero attached hydrogens (tertiary/aromatic N) is 4. The molecule has 5 aromatic carbocycles. The van der Waals surface area contributed by atoms with Gasteiger partial charge in [0.2, 0.25) is 29.4 Å². The number of likely N-dealkylation sites (N-methyl/N-ethyl adjacent to an activating group) is 3. The van der Waals surface area contributed by atoms with Gasteiger partial charge in [-0.3, -0.25) is 33.6 Å². The molecule has 91 heavy (non-hydrogen) atoms. The molecule has 0 spiro atoms. The number of carbonyl (C=O) groups excluding carboxylic acids is 9. The number of aryl methyl sites for hydroxylation is 1. The monoisotopic (exact) mass is 1250 g/mol. The van der Waals surface area contributed by atoms with Crippen molar-refractivity contribution in [1.82, 2.24) is 30.2 Å². The Kier molecular flexibility index (Phi) is 24.7. The fourth-order valence-electron chi connectivity index (χ4n) is 10.8. The Morgan fingerprint density at radius 2 is 1.32 bits per heavy atom. The van der Waals surface area contributed by atoms with Gasteiger partial charge >= 0.3 is 11.9 Å². The molecule has 2 aliphatic heterocycles. The van der Waals surface area contributed by atoms with Gasteiger partial charge in [-0.05, 0) is 105 Å². The van der Waals surface area contributed by atoms with Crippen LogP contribution in [0.4, 0.5) is 0 Å². The second-order valence-corrected chi connectivity index (χ2v) is 23.3. The second kappa shape index (κ2) is 32.7. The van der Waals surface area contributed by atoms with Crippen molar-refractivity contribution in [3.05, 3.63) is 161 Å². The summed E-state index contributed by atoms with van der Waals surface area (Å²) < 4.78 is 35.0. The van der Waals surface area contributed by atoms with Gasteiger partial charge in [0.1, 0.15) is 54.1 Å². The Balaban J connectivity index is 1.23. The lowest BCUT2D eigenvalue weighted by Gasteiger charge is -2.36. The molecule has 1 fully saturated rings. The van der Waals surface area contributed by atoms with E-state index in [2.05, 4.69) is 10.6 Å². The third-order valence-corrected chi connectivity index (χ3v) is 16.1. The molecule has 2 heterocycles. The van der Waals surface area contributed by atoms with Crippen LogP contribution in [-0.4, -0.2) is 177 Å². The van der Waals surface area contributed by atoms with Gasteiger partial charge in [0, 0.05) is 71.2 Å². The number of phenolic OH excluding ortho intramolecular Hbond substituents is 1. The molecule has 2 bridgehead atoms. The number of nitrogens with one attached hydrogen (secondary N) is 2. The van der Waals surface area contributed by atoms with Gasteiger partial charge in [-0.25, -0.2) is 9.59 Å². The number of hydrogen-bond acceptors (Lipinski definition) is 16. The van der Waals surface area contributed by atoms with Crippen LogP contribution in [0.3, 0.4) is 0 Å². The molecule has 5 atom stereocenters. The maximum Gasteiger partial charge on any atom is 0.330 e. The number of Topliss-reactive ketones (excluding diaryl/α,β-unsaturated/α-hetero) is 1. The largest absolute Gasteiger partial charge is 0.508 e. The SMILES string of the molecule is COc1cc(CC[C@H]2OC(=O)[C@@H]3CCCCN3C(=O)C(=O)C(C)(C)COC(=O)/C=C/CCN(C)C(=O)[C@@H](Cc3ccccc3)NC(=O)CN(C)C(=O)[C@@H](Cc3ccccc3)NC(=O)[C@H](Cc3ccc(O)cc3)N(C)C(=O)COc3cccc2c3)c(OC)c(OC)c1. The summed E-state index contributed by atoms with van der Waals surface area (Å²) in [6, 6.07) is 29.2. The molecule has 22 nitrogen and oxygen atoms in total. The lowest BCUT2D eigenvalue weighted by Crippen LogP contribution is -2.57. The molecule has 0 radical (unpaired) electrons. The molecule has 484 valence electrons. The predicted octanol–water partition coefficient (Wildman–Crippen LogP) is 5.93. The van der Waals surface area contributed by atoms with Crippen molar-refractivity contribution >= 4 is 53.2 Å². The summed E-state index contributed by atoms with van der Waals surface area (Å²) in [6.45, 7) is 1.49.